The third kappa shape index (κ3) is 3.73. The highest BCUT2D eigenvalue weighted by Crippen LogP contribution is 2.22. The summed E-state index contributed by atoms with van der Waals surface area (Å²) in [5, 5.41) is 3.45. The molecule has 0 radical (unpaired) electrons. The van der Waals surface area contributed by atoms with Crippen LogP contribution in [-0.2, 0) is 4.79 Å². The molecule has 0 aromatic carbocycles. The molecule has 2 saturated heterocycles. The number of piperidine rings is 1. The zero-order valence-corrected chi connectivity index (χ0v) is 13.4. The van der Waals surface area contributed by atoms with Gasteiger partial charge in [0.05, 0.1) is 6.04 Å². The van der Waals surface area contributed by atoms with E-state index < -0.39 is 0 Å². The van der Waals surface area contributed by atoms with Crippen molar-refractivity contribution < 1.29 is 4.79 Å². The fourth-order valence-corrected chi connectivity index (χ4v) is 3.64. The molecule has 0 saturated carbocycles. The standard InChI is InChI=1S/C16H31N3O/c1-4-13-7-8-17-15(11-13)16(20)19-10-6-9-18(3)12-14(19)5-2/h13-15,17H,4-12H2,1-3H3. The van der Waals surface area contributed by atoms with Crippen LogP contribution in [0.5, 0.6) is 0 Å². The minimum atomic E-state index is 0.0613. The molecule has 2 heterocycles. The van der Waals surface area contributed by atoms with Crippen molar-refractivity contribution in [3.8, 4) is 0 Å². The van der Waals surface area contributed by atoms with Gasteiger partial charge in [0, 0.05) is 19.1 Å². The second-order valence-electron chi connectivity index (χ2n) is 6.51. The van der Waals surface area contributed by atoms with E-state index in [1.807, 2.05) is 0 Å². The van der Waals surface area contributed by atoms with Crippen LogP contribution in [0.25, 0.3) is 0 Å². The maximum absolute atomic E-state index is 12.9. The van der Waals surface area contributed by atoms with E-state index in [2.05, 4.69) is 36.0 Å². The van der Waals surface area contributed by atoms with Gasteiger partial charge < -0.3 is 15.1 Å². The van der Waals surface area contributed by atoms with Gasteiger partial charge in [-0.05, 0) is 51.7 Å². The first kappa shape index (κ1) is 15.8. The third-order valence-electron chi connectivity index (χ3n) is 5.04. The van der Waals surface area contributed by atoms with Gasteiger partial charge in [0.1, 0.15) is 0 Å². The zero-order valence-electron chi connectivity index (χ0n) is 13.4. The first-order valence-electron chi connectivity index (χ1n) is 8.38. The Bertz CT molecular complexity index is 321. The summed E-state index contributed by atoms with van der Waals surface area (Å²) in [5.74, 6) is 1.07. The normalized spacial score (nSPS) is 33.0. The fraction of sp³-hybridized carbons (Fsp3) is 0.938. The van der Waals surface area contributed by atoms with E-state index in [-0.39, 0.29) is 6.04 Å². The molecule has 0 bridgehead atoms. The maximum atomic E-state index is 12.9. The molecule has 1 N–H and O–H groups in total. The molecule has 2 aliphatic rings. The Morgan fingerprint density at radius 2 is 2.05 bits per heavy atom. The molecule has 2 rings (SSSR count). The summed E-state index contributed by atoms with van der Waals surface area (Å²) in [5.41, 5.74) is 0. The van der Waals surface area contributed by atoms with Crippen molar-refractivity contribution in [3.05, 3.63) is 0 Å². The predicted molar refractivity (Wildman–Crippen MR) is 82.7 cm³/mol. The lowest BCUT2D eigenvalue weighted by atomic mass is 9.89. The van der Waals surface area contributed by atoms with Gasteiger partial charge in [-0.15, -0.1) is 0 Å². The summed E-state index contributed by atoms with van der Waals surface area (Å²) in [7, 11) is 2.17. The lowest BCUT2D eigenvalue weighted by Crippen LogP contribution is -2.54. The number of hydrogen-bond acceptors (Lipinski definition) is 3. The number of rotatable bonds is 3. The summed E-state index contributed by atoms with van der Waals surface area (Å²) < 4.78 is 0. The molecule has 4 nitrogen and oxygen atoms in total. The van der Waals surface area contributed by atoms with Crippen LogP contribution >= 0.6 is 0 Å². The maximum Gasteiger partial charge on any atom is 0.240 e. The highest BCUT2D eigenvalue weighted by atomic mass is 16.2. The lowest BCUT2D eigenvalue weighted by Gasteiger charge is -2.36. The number of amides is 1. The topological polar surface area (TPSA) is 35.6 Å². The number of nitrogens with one attached hydrogen (secondary N) is 1. The van der Waals surface area contributed by atoms with Gasteiger partial charge in [-0.25, -0.2) is 0 Å². The Balaban J connectivity index is 2.01. The second-order valence-corrected chi connectivity index (χ2v) is 6.51. The van der Waals surface area contributed by atoms with Crippen molar-refractivity contribution in [1.29, 1.82) is 0 Å². The van der Waals surface area contributed by atoms with Crippen LogP contribution in [0.3, 0.4) is 0 Å². The van der Waals surface area contributed by atoms with Crippen LogP contribution in [-0.4, -0.2) is 61.0 Å². The molecule has 3 atom stereocenters. The number of carbonyl (C=O) groups is 1. The molecule has 116 valence electrons. The van der Waals surface area contributed by atoms with Crippen LogP contribution in [0.4, 0.5) is 0 Å². The van der Waals surface area contributed by atoms with Crippen molar-refractivity contribution in [2.45, 2.75) is 58.0 Å². The molecular weight excluding hydrogens is 250 g/mol. The second kappa shape index (κ2) is 7.41. The SMILES string of the molecule is CCC1CCNC(C(=O)N2CCCN(C)CC2CC)C1. The lowest BCUT2D eigenvalue weighted by molar-refractivity contribution is -0.136. The molecular formula is C16H31N3O. The van der Waals surface area contributed by atoms with Gasteiger partial charge in [-0.2, -0.15) is 0 Å². The molecule has 0 aromatic rings. The quantitative estimate of drug-likeness (QED) is 0.855. The van der Waals surface area contributed by atoms with Crippen molar-refractivity contribution in [2.75, 3.05) is 33.2 Å². The van der Waals surface area contributed by atoms with Crippen LogP contribution in [0.15, 0.2) is 0 Å². The van der Waals surface area contributed by atoms with Gasteiger partial charge in [0.15, 0.2) is 0 Å². The first-order chi connectivity index (χ1) is 9.65. The average molecular weight is 281 g/mol. The molecule has 2 aliphatic heterocycles. The number of hydrogen-bond donors (Lipinski definition) is 1. The van der Waals surface area contributed by atoms with E-state index in [4.69, 9.17) is 0 Å². The third-order valence-corrected chi connectivity index (χ3v) is 5.04. The predicted octanol–water partition coefficient (Wildman–Crippen LogP) is 1.71. The number of carbonyl (C=O) groups excluding carboxylic acids is 1. The summed E-state index contributed by atoms with van der Waals surface area (Å²) >= 11 is 0. The molecule has 4 heteroatoms. The average Bonchev–Trinajstić information content (AvgIpc) is 2.67. The Labute approximate surface area is 123 Å². The minimum Gasteiger partial charge on any atom is -0.337 e. The van der Waals surface area contributed by atoms with Crippen molar-refractivity contribution >= 4 is 5.91 Å². The van der Waals surface area contributed by atoms with Crippen molar-refractivity contribution in [3.63, 3.8) is 0 Å². The summed E-state index contributed by atoms with van der Waals surface area (Å²) in [6.07, 6.45) is 5.60. The summed E-state index contributed by atoms with van der Waals surface area (Å²) in [4.78, 5) is 17.4. The Morgan fingerprint density at radius 1 is 1.25 bits per heavy atom. The van der Waals surface area contributed by atoms with Gasteiger partial charge >= 0.3 is 0 Å². The Morgan fingerprint density at radius 3 is 2.75 bits per heavy atom. The smallest absolute Gasteiger partial charge is 0.240 e. The largest absolute Gasteiger partial charge is 0.337 e. The zero-order chi connectivity index (χ0) is 14.5. The van der Waals surface area contributed by atoms with E-state index in [1.54, 1.807) is 0 Å². The van der Waals surface area contributed by atoms with Crippen molar-refractivity contribution in [1.82, 2.24) is 15.1 Å². The molecule has 1 amide bonds. The Hall–Kier alpha value is -0.610. The molecule has 0 spiro atoms. The highest BCUT2D eigenvalue weighted by Gasteiger charge is 2.33. The highest BCUT2D eigenvalue weighted by molar-refractivity contribution is 5.82. The van der Waals surface area contributed by atoms with Gasteiger partial charge in [-0.1, -0.05) is 20.3 Å². The molecule has 0 aliphatic carbocycles. The number of nitrogens with zero attached hydrogens (tertiary/aromatic N) is 2. The van der Waals surface area contributed by atoms with E-state index in [9.17, 15) is 4.79 Å². The van der Waals surface area contributed by atoms with Crippen molar-refractivity contribution in [2.24, 2.45) is 5.92 Å². The van der Waals surface area contributed by atoms with Gasteiger partial charge in [0.2, 0.25) is 5.91 Å². The van der Waals surface area contributed by atoms with Crippen LogP contribution in [0.2, 0.25) is 0 Å². The molecule has 20 heavy (non-hydrogen) atoms. The first-order valence-corrected chi connectivity index (χ1v) is 8.38. The summed E-state index contributed by atoms with van der Waals surface area (Å²) in [6.45, 7) is 8.50. The fourth-order valence-electron chi connectivity index (χ4n) is 3.64. The minimum absolute atomic E-state index is 0.0613. The van der Waals surface area contributed by atoms with E-state index >= 15 is 0 Å². The van der Waals surface area contributed by atoms with E-state index in [1.165, 1.54) is 12.8 Å². The van der Waals surface area contributed by atoms with Gasteiger partial charge in [-0.3, -0.25) is 4.79 Å². The van der Waals surface area contributed by atoms with E-state index in [0.717, 1.165) is 51.4 Å². The van der Waals surface area contributed by atoms with Crippen LogP contribution in [0.1, 0.15) is 46.0 Å². The molecule has 0 aromatic heterocycles. The Kier molecular flexibility index (Phi) is 5.85. The van der Waals surface area contributed by atoms with Crippen LogP contribution in [0, 0.1) is 5.92 Å². The van der Waals surface area contributed by atoms with Gasteiger partial charge in [0.25, 0.3) is 0 Å². The summed E-state index contributed by atoms with van der Waals surface area (Å²) in [6, 6.07) is 0.449. The molecule has 3 unspecified atom stereocenters. The van der Waals surface area contributed by atoms with E-state index in [0.29, 0.717) is 11.9 Å². The number of likely N-dealkylation sites (N-methyl/N-ethyl adjacent to an activating group) is 1. The molecule has 2 fully saturated rings. The van der Waals surface area contributed by atoms with Crippen LogP contribution < -0.4 is 5.32 Å². The monoisotopic (exact) mass is 281 g/mol.